The molecule has 2 aliphatic heterocycles. The van der Waals surface area contributed by atoms with Gasteiger partial charge < -0.3 is 15.3 Å². The van der Waals surface area contributed by atoms with Gasteiger partial charge in [-0.1, -0.05) is 31.0 Å². The lowest BCUT2D eigenvalue weighted by atomic mass is 9.94. The standard InChI is InChI=1S/C32H35N5O2/c38-26-18-24-13-14-25(19-26)37(24)23-11-8-21(9-12-23)30-27-17-22(10-15-28(27)35-36-30)32(39)34-31(20-5-1-2-6-20)29-7-3-4-16-33-29/h3-4,7-12,15-17,20,24-26,31,38H,1-2,5-6,13-14,18-19H2,(H,34,39)(H,35,36)/t24-,25+,26+,31-/m1/s1. The van der Waals surface area contributed by atoms with E-state index in [1.807, 2.05) is 36.4 Å². The molecule has 2 bridgehead atoms. The molecule has 7 nitrogen and oxygen atoms in total. The number of aliphatic hydroxyl groups is 1. The minimum Gasteiger partial charge on any atom is -0.393 e. The van der Waals surface area contributed by atoms with E-state index in [-0.39, 0.29) is 18.1 Å². The van der Waals surface area contributed by atoms with Crippen LogP contribution in [0.4, 0.5) is 5.69 Å². The molecular weight excluding hydrogens is 486 g/mol. The van der Waals surface area contributed by atoms with Gasteiger partial charge in [0.25, 0.3) is 5.91 Å². The van der Waals surface area contributed by atoms with Gasteiger partial charge in [0.05, 0.1) is 29.1 Å². The summed E-state index contributed by atoms with van der Waals surface area (Å²) in [7, 11) is 0. The summed E-state index contributed by atoms with van der Waals surface area (Å²) in [5, 5.41) is 22.2. The fraction of sp³-hybridized carbons (Fsp3) is 0.406. The first kappa shape index (κ1) is 24.3. The van der Waals surface area contributed by atoms with Crippen LogP contribution in [0.5, 0.6) is 0 Å². The number of anilines is 1. The van der Waals surface area contributed by atoms with Crippen LogP contribution in [0.25, 0.3) is 22.2 Å². The smallest absolute Gasteiger partial charge is 0.251 e. The first-order chi connectivity index (χ1) is 19.1. The van der Waals surface area contributed by atoms with E-state index in [0.717, 1.165) is 66.4 Å². The van der Waals surface area contributed by atoms with Crippen molar-refractivity contribution in [3.63, 3.8) is 0 Å². The van der Waals surface area contributed by atoms with Gasteiger partial charge in [0, 0.05) is 40.5 Å². The van der Waals surface area contributed by atoms with Crippen LogP contribution in [-0.4, -0.2) is 44.4 Å². The number of aromatic nitrogens is 3. The highest BCUT2D eigenvalue weighted by Gasteiger charge is 2.40. The number of rotatable bonds is 6. The van der Waals surface area contributed by atoms with Gasteiger partial charge in [0.15, 0.2) is 0 Å². The molecule has 7 rings (SSSR count). The average molecular weight is 522 g/mol. The molecule has 1 saturated carbocycles. The Labute approximate surface area is 228 Å². The van der Waals surface area contributed by atoms with Gasteiger partial charge in [0.2, 0.25) is 0 Å². The lowest BCUT2D eigenvalue weighted by molar-refractivity contribution is 0.0920. The van der Waals surface area contributed by atoms with E-state index >= 15 is 0 Å². The third-order valence-electron chi connectivity index (χ3n) is 9.14. The number of nitrogens with one attached hydrogen (secondary N) is 2. The molecule has 3 fully saturated rings. The molecule has 2 aromatic heterocycles. The molecule has 2 saturated heterocycles. The molecule has 0 radical (unpaired) electrons. The number of piperidine rings is 1. The summed E-state index contributed by atoms with van der Waals surface area (Å²) in [5.74, 6) is 0.332. The summed E-state index contributed by atoms with van der Waals surface area (Å²) < 4.78 is 0. The van der Waals surface area contributed by atoms with Crippen molar-refractivity contribution in [2.45, 2.75) is 75.6 Å². The molecule has 200 valence electrons. The van der Waals surface area contributed by atoms with Gasteiger partial charge in [-0.2, -0.15) is 5.10 Å². The predicted molar refractivity (Wildman–Crippen MR) is 152 cm³/mol. The van der Waals surface area contributed by atoms with Crippen molar-refractivity contribution < 1.29 is 9.90 Å². The van der Waals surface area contributed by atoms with Crippen LogP contribution >= 0.6 is 0 Å². The molecular formula is C32H35N5O2. The molecule has 4 aromatic rings. The molecule has 0 unspecified atom stereocenters. The van der Waals surface area contributed by atoms with Gasteiger partial charge >= 0.3 is 0 Å². The molecule has 39 heavy (non-hydrogen) atoms. The summed E-state index contributed by atoms with van der Waals surface area (Å²) in [6.07, 6.45) is 10.3. The number of carbonyl (C=O) groups is 1. The molecule has 7 heteroatoms. The Balaban J connectivity index is 1.14. The number of H-pyrrole nitrogens is 1. The van der Waals surface area contributed by atoms with Crippen molar-refractivity contribution in [3.05, 3.63) is 78.1 Å². The normalized spacial score (nSPS) is 23.8. The number of amides is 1. The Hall–Kier alpha value is -3.71. The first-order valence-corrected chi connectivity index (χ1v) is 14.4. The molecule has 3 aliphatic rings. The van der Waals surface area contributed by atoms with Crippen LogP contribution in [-0.2, 0) is 0 Å². The summed E-state index contributed by atoms with van der Waals surface area (Å²) >= 11 is 0. The maximum absolute atomic E-state index is 13.5. The highest BCUT2D eigenvalue weighted by molar-refractivity contribution is 6.01. The van der Waals surface area contributed by atoms with Gasteiger partial charge in [-0.05, 0) is 86.9 Å². The van der Waals surface area contributed by atoms with Crippen molar-refractivity contribution in [1.29, 1.82) is 0 Å². The maximum Gasteiger partial charge on any atom is 0.251 e. The molecule has 4 heterocycles. The zero-order valence-corrected chi connectivity index (χ0v) is 22.1. The molecule has 3 N–H and O–H groups in total. The number of hydrogen-bond donors (Lipinski definition) is 3. The van der Waals surface area contributed by atoms with E-state index in [9.17, 15) is 9.90 Å². The van der Waals surface area contributed by atoms with Crippen molar-refractivity contribution in [2.75, 3.05) is 4.90 Å². The van der Waals surface area contributed by atoms with Crippen molar-refractivity contribution in [3.8, 4) is 11.3 Å². The Bertz CT molecular complexity index is 1450. The second kappa shape index (κ2) is 10.1. The largest absolute Gasteiger partial charge is 0.393 e. The van der Waals surface area contributed by atoms with E-state index in [4.69, 9.17) is 0 Å². The second-order valence-electron chi connectivity index (χ2n) is 11.5. The Morgan fingerprint density at radius 1 is 0.974 bits per heavy atom. The van der Waals surface area contributed by atoms with E-state index in [1.54, 1.807) is 6.20 Å². The van der Waals surface area contributed by atoms with E-state index in [0.29, 0.717) is 23.6 Å². The van der Waals surface area contributed by atoms with Crippen LogP contribution in [0.15, 0.2) is 66.9 Å². The first-order valence-electron chi connectivity index (χ1n) is 14.4. The second-order valence-corrected chi connectivity index (χ2v) is 11.5. The van der Waals surface area contributed by atoms with Crippen LogP contribution in [0.3, 0.4) is 0 Å². The lowest BCUT2D eigenvalue weighted by Crippen LogP contribution is -2.44. The molecule has 0 spiro atoms. The summed E-state index contributed by atoms with van der Waals surface area (Å²) in [4.78, 5) is 20.6. The molecule has 1 amide bonds. The molecule has 1 aliphatic carbocycles. The number of pyridine rings is 1. The fourth-order valence-corrected chi connectivity index (χ4v) is 7.25. The van der Waals surface area contributed by atoms with Crippen LogP contribution in [0, 0.1) is 5.92 Å². The predicted octanol–water partition coefficient (Wildman–Crippen LogP) is 5.78. The Kier molecular flexibility index (Phi) is 6.31. The number of aliphatic hydroxyl groups excluding tert-OH is 1. The van der Waals surface area contributed by atoms with Crippen molar-refractivity contribution >= 4 is 22.5 Å². The number of carbonyl (C=O) groups excluding carboxylic acids is 1. The van der Waals surface area contributed by atoms with Gasteiger partial charge in [0.1, 0.15) is 0 Å². The average Bonchev–Trinajstić information content (AvgIpc) is 3.70. The van der Waals surface area contributed by atoms with Crippen LogP contribution in [0.1, 0.15) is 73.5 Å². The lowest BCUT2D eigenvalue weighted by Gasteiger charge is -2.39. The highest BCUT2D eigenvalue weighted by atomic mass is 16.3. The third-order valence-corrected chi connectivity index (χ3v) is 9.14. The molecule has 4 atom stereocenters. The van der Waals surface area contributed by atoms with Crippen LogP contribution < -0.4 is 10.2 Å². The number of aromatic amines is 1. The number of hydrogen-bond acceptors (Lipinski definition) is 5. The number of benzene rings is 2. The van der Waals surface area contributed by atoms with Crippen LogP contribution in [0.2, 0.25) is 0 Å². The Morgan fingerprint density at radius 2 is 1.74 bits per heavy atom. The van der Waals surface area contributed by atoms with E-state index in [2.05, 4.69) is 49.7 Å². The quantitative estimate of drug-likeness (QED) is 0.299. The summed E-state index contributed by atoms with van der Waals surface area (Å²) in [6, 6.07) is 21.1. The summed E-state index contributed by atoms with van der Waals surface area (Å²) in [6.45, 7) is 0. The highest BCUT2D eigenvalue weighted by Crippen LogP contribution is 2.40. The van der Waals surface area contributed by atoms with Crippen molar-refractivity contribution in [2.24, 2.45) is 5.92 Å². The Morgan fingerprint density at radius 3 is 2.46 bits per heavy atom. The fourth-order valence-electron chi connectivity index (χ4n) is 7.25. The van der Waals surface area contributed by atoms with Gasteiger partial charge in [-0.25, -0.2) is 0 Å². The summed E-state index contributed by atoms with van der Waals surface area (Å²) in [5.41, 5.74) is 5.55. The minimum absolute atomic E-state index is 0.0790. The zero-order valence-electron chi connectivity index (χ0n) is 22.1. The van der Waals surface area contributed by atoms with Gasteiger partial charge in [-0.3, -0.25) is 14.9 Å². The monoisotopic (exact) mass is 521 g/mol. The van der Waals surface area contributed by atoms with E-state index in [1.165, 1.54) is 18.5 Å². The maximum atomic E-state index is 13.5. The molecule has 2 aromatic carbocycles. The van der Waals surface area contributed by atoms with Crippen molar-refractivity contribution in [1.82, 2.24) is 20.5 Å². The SMILES string of the molecule is O=C(N[C@@H](c1ccccn1)C1CCCC1)c1ccc2[nH]nc(-c3ccc(N4[C@@H]5CC[C@H]4C[C@@H](O)C5)cc3)c2c1. The zero-order chi connectivity index (χ0) is 26.3. The van der Waals surface area contributed by atoms with Gasteiger partial charge in [-0.15, -0.1) is 0 Å². The number of fused-ring (bicyclic) bond motifs is 3. The number of nitrogens with zero attached hydrogens (tertiary/aromatic N) is 3. The third kappa shape index (κ3) is 4.59. The minimum atomic E-state index is -0.169. The van der Waals surface area contributed by atoms with E-state index < -0.39 is 0 Å². The topological polar surface area (TPSA) is 94.1 Å².